The summed E-state index contributed by atoms with van der Waals surface area (Å²) in [6.07, 6.45) is 0. The van der Waals surface area contributed by atoms with E-state index in [1.165, 1.54) is 4.90 Å². The highest BCUT2D eigenvalue weighted by molar-refractivity contribution is 7.99. The first-order valence-corrected chi connectivity index (χ1v) is 10.2. The first kappa shape index (κ1) is 18.5. The number of hydrazine groups is 1. The molecule has 3 aromatic rings. The molecular weight excluding hydrogens is 390 g/mol. The summed E-state index contributed by atoms with van der Waals surface area (Å²) in [6.45, 7) is 0.605. The van der Waals surface area contributed by atoms with Crippen molar-refractivity contribution < 1.29 is 9.59 Å². The number of benzene rings is 3. The van der Waals surface area contributed by atoms with Crippen LogP contribution in [-0.2, 0) is 0 Å². The molecule has 4 rings (SSSR count). The van der Waals surface area contributed by atoms with Crippen LogP contribution in [-0.4, -0.2) is 34.2 Å². The Balaban J connectivity index is 1.40. The smallest absolute Gasteiger partial charge is 0.280 e. The maximum atomic E-state index is 12.8. The largest absolute Gasteiger partial charge is 0.360 e. The number of nitrogens with one attached hydrogen (secondary N) is 2. The number of hydrogen-bond donors (Lipinski definition) is 2. The van der Waals surface area contributed by atoms with Crippen LogP contribution in [0.2, 0.25) is 0 Å². The van der Waals surface area contributed by atoms with E-state index in [1.54, 1.807) is 23.9 Å². The molecule has 0 saturated heterocycles. The Kier molecular flexibility index (Phi) is 5.27. The molecule has 3 aromatic carbocycles. The van der Waals surface area contributed by atoms with Crippen LogP contribution in [0.15, 0.2) is 71.6 Å². The van der Waals surface area contributed by atoms with E-state index in [0.717, 1.165) is 16.1 Å². The van der Waals surface area contributed by atoms with Crippen LogP contribution in [0.5, 0.6) is 0 Å². The Morgan fingerprint density at radius 2 is 1.54 bits per heavy atom. The minimum absolute atomic E-state index is 0.238. The number of carbonyl (C=O) groups is 2. The molecule has 1 aliphatic rings. The lowest BCUT2D eigenvalue weighted by Gasteiger charge is -2.28. The Hall–Kier alpha value is -2.90. The summed E-state index contributed by atoms with van der Waals surface area (Å²) < 4.78 is 0. The zero-order chi connectivity index (χ0) is 19.5. The molecule has 0 atom stereocenters. The minimum atomic E-state index is -0.405. The number of amides is 2. The second-order valence-electron chi connectivity index (χ2n) is 6.18. The van der Waals surface area contributed by atoms with E-state index in [1.807, 2.05) is 54.6 Å². The van der Waals surface area contributed by atoms with Gasteiger partial charge in [0.2, 0.25) is 0 Å². The molecule has 0 radical (unpaired) electrons. The molecule has 28 heavy (non-hydrogen) atoms. The number of nitrogens with zero attached hydrogens (tertiary/aromatic N) is 1. The van der Waals surface area contributed by atoms with Crippen molar-refractivity contribution in [1.29, 1.82) is 0 Å². The van der Waals surface area contributed by atoms with Crippen LogP contribution in [0, 0.1) is 0 Å². The standard InChI is InChI=1S/C21H17N3O2S2/c25-19-16-10-4-6-14-7-5-11-17(18(14)16)20(26)24(19)23-21(27)22-12-13-28-15-8-2-1-3-9-15/h1-11H,12-13H2,(H2,22,23,27). The molecule has 2 amide bonds. The Bertz CT molecular complexity index is 1020. The molecule has 2 N–H and O–H groups in total. The number of thiocarbonyl (C=S) groups is 1. The summed E-state index contributed by atoms with van der Waals surface area (Å²) in [6, 6.07) is 20.9. The average Bonchev–Trinajstić information content (AvgIpc) is 2.73. The van der Waals surface area contributed by atoms with E-state index in [9.17, 15) is 9.59 Å². The number of thioether (sulfide) groups is 1. The summed E-state index contributed by atoms with van der Waals surface area (Å²) in [4.78, 5) is 26.8. The highest BCUT2D eigenvalue weighted by Gasteiger charge is 2.33. The van der Waals surface area contributed by atoms with Crippen molar-refractivity contribution in [3.8, 4) is 0 Å². The Morgan fingerprint density at radius 1 is 0.893 bits per heavy atom. The lowest BCUT2D eigenvalue weighted by Crippen LogP contribution is -2.54. The fourth-order valence-corrected chi connectivity index (χ4v) is 4.11. The van der Waals surface area contributed by atoms with Crippen molar-refractivity contribution in [1.82, 2.24) is 15.8 Å². The van der Waals surface area contributed by atoms with Gasteiger partial charge in [-0.1, -0.05) is 42.5 Å². The van der Waals surface area contributed by atoms with Gasteiger partial charge in [0.15, 0.2) is 5.11 Å². The topological polar surface area (TPSA) is 61.4 Å². The van der Waals surface area contributed by atoms with Crippen molar-refractivity contribution in [2.75, 3.05) is 12.3 Å². The van der Waals surface area contributed by atoms with Gasteiger partial charge >= 0.3 is 0 Å². The summed E-state index contributed by atoms with van der Waals surface area (Å²) in [5.74, 6) is -0.00945. The molecule has 0 bridgehead atoms. The van der Waals surface area contributed by atoms with Crippen molar-refractivity contribution in [3.63, 3.8) is 0 Å². The summed E-state index contributed by atoms with van der Waals surface area (Å²) in [5.41, 5.74) is 3.72. The van der Waals surface area contributed by atoms with Crippen LogP contribution < -0.4 is 10.7 Å². The van der Waals surface area contributed by atoms with Crippen molar-refractivity contribution >= 4 is 51.7 Å². The molecule has 0 spiro atoms. The van der Waals surface area contributed by atoms with Crippen molar-refractivity contribution in [2.24, 2.45) is 0 Å². The highest BCUT2D eigenvalue weighted by Crippen LogP contribution is 2.29. The molecule has 0 saturated carbocycles. The first-order chi connectivity index (χ1) is 13.6. The minimum Gasteiger partial charge on any atom is -0.360 e. The lowest BCUT2D eigenvalue weighted by atomic mass is 9.95. The molecule has 140 valence electrons. The second-order valence-corrected chi connectivity index (χ2v) is 7.76. The van der Waals surface area contributed by atoms with Gasteiger partial charge in [-0.3, -0.25) is 15.0 Å². The predicted molar refractivity (Wildman–Crippen MR) is 115 cm³/mol. The van der Waals surface area contributed by atoms with Gasteiger partial charge in [0.25, 0.3) is 11.8 Å². The fourth-order valence-electron chi connectivity index (χ4n) is 3.12. The van der Waals surface area contributed by atoms with E-state index in [2.05, 4.69) is 10.7 Å². The highest BCUT2D eigenvalue weighted by atomic mass is 32.2. The first-order valence-electron chi connectivity index (χ1n) is 8.78. The van der Waals surface area contributed by atoms with E-state index in [4.69, 9.17) is 12.2 Å². The molecule has 5 nitrogen and oxygen atoms in total. The van der Waals surface area contributed by atoms with Crippen LogP contribution in [0.4, 0.5) is 0 Å². The molecular formula is C21H17N3O2S2. The average molecular weight is 408 g/mol. The van der Waals surface area contributed by atoms with Crippen LogP contribution >= 0.6 is 24.0 Å². The fraction of sp³-hybridized carbons (Fsp3) is 0.0952. The summed E-state index contributed by atoms with van der Waals surface area (Å²) >= 11 is 6.97. The Morgan fingerprint density at radius 3 is 2.18 bits per heavy atom. The second kappa shape index (κ2) is 8.00. The lowest BCUT2D eigenvalue weighted by molar-refractivity contribution is 0.0566. The van der Waals surface area contributed by atoms with Gasteiger partial charge in [0.1, 0.15) is 0 Å². The van der Waals surface area contributed by atoms with Gasteiger partial charge < -0.3 is 5.32 Å². The predicted octanol–water partition coefficient (Wildman–Crippen LogP) is 3.61. The molecule has 0 aromatic heterocycles. The van der Waals surface area contributed by atoms with Gasteiger partial charge in [-0.25, -0.2) is 0 Å². The summed E-state index contributed by atoms with van der Waals surface area (Å²) in [7, 11) is 0. The number of carbonyl (C=O) groups excluding carboxylic acids is 2. The maximum absolute atomic E-state index is 12.8. The van der Waals surface area contributed by atoms with Gasteiger partial charge in [-0.15, -0.1) is 11.8 Å². The monoisotopic (exact) mass is 407 g/mol. The molecule has 1 heterocycles. The van der Waals surface area contributed by atoms with Gasteiger partial charge in [-0.2, -0.15) is 5.01 Å². The van der Waals surface area contributed by atoms with E-state index in [0.29, 0.717) is 23.1 Å². The quantitative estimate of drug-likeness (QED) is 0.292. The molecule has 1 aliphatic heterocycles. The van der Waals surface area contributed by atoms with E-state index in [-0.39, 0.29) is 5.11 Å². The SMILES string of the molecule is O=C1c2cccc3cccc(c23)C(=O)N1NC(=S)NCCSc1ccccc1. The van der Waals surface area contributed by atoms with Crippen molar-refractivity contribution in [3.05, 3.63) is 77.9 Å². The zero-order valence-electron chi connectivity index (χ0n) is 14.8. The maximum Gasteiger partial charge on any atom is 0.280 e. The number of hydrogen-bond acceptors (Lipinski definition) is 4. The number of imide groups is 1. The van der Waals surface area contributed by atoms with Crippen molar-refractivity contribution in [2.45, 2.75) is 4.90 Å². The van der Waals surface area contributed by atoms with Gasteiger partial charge in [0.05, 0.1) is 11.1 Å². The molecule has 0 aliphatic carbocycles. The molecule has 0 fully saturated rings. The third kappa shape index (κ3) is 3.58. The molecule has 7 heteroatoms. The third-order valence-corrected chi connectivity index (χ3v) is 5.63. The van der Waals surface area contributed by atoms with Crippen LogP contribution in [0.3, 0.4) is 0 Å². The summed E-state index contributed by atoms with van der Waals surface area (Å²) in [5, 5.41) is 5.83. The van der Waals surface area contributed by atoms with Crippen LogP contribution in [0.25, 0.3) is 10.8 Å². The normalized spacial score (nSPS) is 12.9. The third-order valence-electron chi connectivity index (χ3n) is 4.38. The number of rotatable bonds is 5. The van der Waals surface area contributed by atoms with Crippen LogP contribution in [0.1, 0.15) is 20.7 Å². The Labute approximate surface area is 172 Å². The van der Waals surface area contributed by atoms with E-state index >= 15 is 0 Å². The zero-order valence-corrected chi connectivity index (χ0v) is 16.5. The van der Waals surface area contributed by atoms with E-state index < -0.39 is 11.8 Å². The van der Waals surface area contributed by atoms with Gasteiger partial charge in [0, 0.05) is 22.6 Å². The molecule has 0 unspecified atom stereocenters. The van der Waals surface area contributed by atoms with Gasteiger partial charge in [-0.05, 0) is 41.9 Å².